The second-order valence-electron chi connectivity index (χ2n) is 7.83. The molecule has 4 rings (SSSR count). The second-order valence-corrected chi connectivity index (χ2v) is 7.83. The molecule has 3 aliphatic heterocycles. The molecule has 5 atom stereocenters. The molecule has 2 bridgehead atoms. The van der Waals surface area contributed by atoms with E-state index in [2.05, 4.69) is 0 Å². The number of hydrogen-bond acceptors (Lipinski definition) is 5. The Bertz CT molecular complexity index is 941. The molecule has 3 saturated heterocycles. The molecule has 0 saturated carbocycles. The zero-order valence-electron chi connectivity index (χ0n) is 15.3. The molecule has 0 N–H and O–H groups in total. The van der Waals surface area contributed by atoms with E-state index >= 15 is 0 Å². The first-order valence-corrected chi connectivity index (χ1v) is 8.70. The predicted octanol–water partition coefficient (Wildman–Crippen LogP) is 3.29. The van der Waals surface area contributed by atoms with Gasteiger partial charge in [-0.2, -0.15) is 18.4 Å². The van der Waals surface area contributed by atoms with Crippen LogP contribution in [0.4, 0.5) is 18.9 Å². The maximum absolute atomic E-state index is 13.3. The van der Waals surface area contributed by atoms with Crippen LogP contribution in [0.15, 0.2) is 18.2 Å². The summed E-state index contributed by atoms with van der Waals surface area (Å²) >= 11 is 0. The highest BCUT2D eigenvalue weighted by Crippen LogP contribution is 2.61. The summed E-state index contributed by atoms with van der Waals surface area (Å²) < 4.78 is 51.4. The zero-order chi connectivity index (χ0) is 20.6. The first-order valence-electron chi connectivity index (χ1n) is 8.70. The molecule has 3 heterocycles. The number of nitrogens with zero attached hydrogens (tertiary/aromatic N) is 2. The van der Waals surface area contributed by atoms with E-state index in [1.54, 1.807) is 13.8 Å². The van der Waals surface area contributed by atoms with Crippen LogP contribution in [-0.4, -0.2) is 36.2 Å². The summed E-state index contributed by atoms with van der Waals surface area (Å²) in [7, 11) is 1.49. The number of rotatable bonds is 2. The Morgan fingerprint density at radius 1 is 1.24 bits per heavy atom. The standard InChI is InChI=1S/C19H17F3N2O4.CH4/c1-17-7-12(27-3)18(2,28-17)14-13(17)15(25)24(16(14)26)10-5-4-9(8-23)11(6-10)19(20,21)22;/h4-6,12-14H,7H2,1-3H3;1H4/t12-,13-,14+,17-,18+;/m0./s1. The van der Waals surface area contributed by atoms with Crippen LogP contribution in [0, 0.1) is 23.2 Å². The molecule has 9 heteroatoms. The van der Waals surface area contributed by atoms with Crippen LogP contribution in [0.3, 0.4) is 0 Å². The van der Waals surface area contributed by atoms with Crippen molar-refractivity contribution in [1.82, 2.24) is 0 Å². The van der Waals surface area contributed by atoms with Crippen molar-refractivity contribution in [3.63, 3.8) is 0 Å². The van der Waals surface area contributed by atoms with Crippen molar-refractivity contribution in [2.24, 2.45) is 11.8 Å². The van der Waals surface area contributed by atoms with Gasteiger partial charge in [0.1, 0.15) is 5.60 Å². The van der Waals surface area contributed by atoms with Gasteiger partial charge in [-0.05, 0) is 32.0 Å². The molecular weight excluding hydrogens is 389 g/mol. The molecule has 0 unspecified atom stereocenters. The first-order chi connectivity index (χ1) is 13.0. The zero-order valence-corrected chi connectivity index (χ0v) is 15.3. The number of nitriles is 1. The van der Waals surface area contributed by atoms with Crippen molar-refractivity contribution in [3.05, 3.63) is 29.3 Å². The third-order valence-corrected chi connectivity index (χ3v) is 6.24. The molecule has 1 aromatic rings. The number of ether oxygens (including phenoxy) is 2. The van der Waals surface area contributed by atoms with E-state index < -0.39 is 58.3 Å². The molecule has 0 aliphatic carbocycles. The molecule has 3 fully saturated rings. The van der Waals surface area contributed by atoms with Crippen molar-refractivity contribution in [1.29, 1.82) is 5.26 Å². The van der Waals surface area contributed by atoms with Crippen molar-refractivity contribution >= 4 is 17.5 Å². The van der Waals surface area contributed by atoms with Gasteiger partial charge < -0.3 is 9.47 Å². The first kappa shape index (κ1) is 21.3. The van der Waals surface area contributed by atoms with Crippen LogP contribution in [0.1, 0.15) is 38.8 Å². The highest BCUT2D eigenvalue weighted by atomic mass is 19.4. The number of alkyl halides is 3. The van der Waals surface area contributed by atoms with Crippen molar-refractivity contribution in [2.75, 3.05) is 12.0 Å². The number of carbonyl (C=O) groups excluding carboxylic acids is 2. The number of halogens is 3. The number of methoxy groups -OCH3 is 1. The number of carbonyl (C=O) groups is 2. The topological polar surface area (TPSA) is 79.6 Å². The minimum Gasteiger partial charge on any atom is -0.378 e. The number of amides is 2. The van der Waals surface area contributed by atoms with E-state index in [1.807, 2.05) is 0 Å². The summed E-state index contributed by atoms with van der Waals surface area (Å²) in [5.41, 5.74) is -3.92. The molecular formula is C20H21F3N2O4. The van der Waals surface area contributed by atoms with Gasteiger partial charge in [0.15, 0.2) is 0 Å². The van der Waals surface area contributed by atoms with Crippen LogP contribution < -0.4 is 4.90 Å². The third kappa shape index (κ3) is 2.62. The average Bonchev–Trinajstić information content (AvgIpc) is 3.14. The minimum atomic E-state index is -4.79. The van der Waals surface area contributed by atoms with Crippen LogP contribution in [0.2, 0.25) is 0 Å². The van der Waals surface area contributed by atoms with Crippen LogP contribution in [0.25, 0.3) is 0 Å². The molecule has 2 amide bonds. The van der Waals surface area contributed by atoms with Gasteiger partial charge in [-0.1, -0.05) is 7.43 Å². The Morgan fingerprint density at radius 3 is 2.41 bits per heavy atom. The van der Waals surface area contributed by atoms with Gasteiger partial charge in [-0.3, -0.25) is 9.59 Å². The third-order valence-electron chi connectivity index (χ3n) is 6.24. The number of hydrogen-bond donors (Lipinski definition) is 0. The van der Waals surface area contributed by atoms with Crippen LogP contribution in [-0.2, 0) is 25.2 Å². The van der Waals surface area contributed by atoms with Crippen molar-refractivity contribution in [3.8, 4) is 6.07 Å². The van der Waals surface area contributed by atoms with Gasteiger partial charge in [0.25, 0.3) is 0 Å². The number of imide groups is 1. The quantitative estimate of drug-likeness (QED) is 0.699. The molecule has 0 aromatic heterocycles. The Hall–Kier alpha value is -2.44. The predicted molar refractivity (Wildman–Crippen MR) is 95.7 cm³/mol. The van der Waals surface area contributed by atoms with E-state index in [1.165, 1.54) is 19.2 Å². The van der Waals surface area contributed by atoms with Crippen LogP contribution in [0.5, 0.6) is 0 Å². The normalized spacial score (nSPS) is 35.5. The fraction of sp³-hybridized carbons (Fsp3) is 0.550. The summed E-state index contributed by atoms with van der Waals surface area (Å²) in [5, 5.41) is 8.95. The SMILES string of the molecule is C.CO[C@H]1C[C@]2(C)O[C@@]1(C)[C@H]1C(=O)N(c3ccc(C#N)c(C(F)(F)F)c3)C(=O)[C@H]12. The number of benzene rings is 1. The Morgan fingerprint density at radius 2 is 1.86 bits per heavy atom. The molecule has 0 radical (unpaired) electrons. The summed E-state index contributed by atoms with van der Waals surface area (Å²) in [4.78, 5) is 27.0. The van der Waals surface area contributed by atoms with E-state index in [-0.39, 0.29) is 13.1 Å². The summed E-state index contributed by atoms with van der Waals surface area (Å²) in [6.45, 7) is 3.43. The van der Waals surface area contributed by atoms with E-state index in [0.717, 1.165) is 11.0 Å². The molecule has 156 valence electrons. The Kier molecular flexibility index (Phi) is 4.60. The number of anilines is 1. The van der Waals surface area contributed by atoms with Gasteiger partial charge in [0.2, 0.25) is 11.8 Å². The van der Waals surface area contributed by atoms with Gasteiger partial charge >= 0.3 is 6.18 Å². The summed E-state index contributed by atoms with van der Waals surface area (Å²) in [6, 6.07) is 4.32. The van der Waals surface area contributed by atoms with Gasteiger partial charge in [0, 0.05) is 13.5 Å². The molecule has 0 spiro atoms. The maximum Gasteiger partial charge on any atom is 0.417 e. The monoisotopic (exact) mass is 410 g/mol. The lowest BCUT2D eigenvalue weighted by atomic mass is 9.67. The fourth-order valence-corrected chi connectivity index (χ4v) is 5.07. The lowest BCUT2D eigenvalue weighted by Crippen LogP contribution is -2.49. The van der Waals surface area contributed by atoms with E-state index in [4.69, 9.17) is 14.7 Å². The fourth-order valence-electron chi connectivity index (χ4n) is 5.07. The highest BCUT2D eigenvalue weighted by Gasteiger charge is 2.76. The molecule has 1 aromatic carbocycles. The smallest absolute Gasteiger partial charge is 0.378 e. The molecule has 6 nitrogen and oxygen atoms in total. The minimum absolute atomic E-state index is 0. The Balaban J connectivity index is 0.00000240. The Labute approximate surface area is 166 Å². The lowest BCUT2D eigenvalue weighted by Gasteiger charge is -2.34. The maximum atomic E-state index is 13.3. The number of fused-ring (bicyclic) bond motifs is 5. The van der Waals surface area contributed by atoms with E-state index in [0.29, 0.717) is 12.5 Å². The van der Waals surface area contributed by atoms with Crippen molar-refractivity contribution in [2.45, 2.75) is 51.2 Å². The second kappa shape index (κ2) is 6.28. The lowest BCUT2D eigenvalue weighted by molar-refractivity contribution is -0.138. The van der Waals surface area contributed by atoms with Crippen molar-refractivity contribution < 1.29 is 32.2 Å². The average molecular weight is 410 g/mol. The summed E-state index contributed by atoms with van der Waals surface area (Å²) in [6.07, 6.45) is -4.78. The highest BCUT2D eigenvalue weighted by molar-refractivity contribution is 6.23. The van der Waals surface area contributed by atoms with Gasteiger partial charge in [0.05, 0.1) is 46.4 Å². The summed E-state index contributed by atoms with van der Waals surface area (Å²) in [5.74, 6) is -2.83. The van der Waals surface area contributed by atoms with Gasteiger partial charge in [-0.15, -0.1) is 0 Å². The largest absolute Gasteiger partial charge is 0.417 e. The van der Waals surface area contributed by atoms with Gasteiger partial charge in [-0.25, -0.2) is 4.90 Å². The molecule has 3 aliphatic rings. The van der Waals surface area contributed by atoms with Crippen LogP contribution >= 0.6 is 0 Å². The van der Waals surface area contributed by atoms with E-state index in [9.17, 15) is 22.8 Å². The molecule has 29 heavy (non-hydrogen) atoms.